The molecule has 0 aromatic rings. The lowest BCUT2D eigenvalue weighted by Gasteiger charge is -2.42. The molecule has 2 saturated heterocycles. The maximum absolute atomic E-state index is 14.0. The minimum atomic E-state index is 0.158. The van der Waals surface area contributed by atoms with Gasteiger partial charge in [0, 0.05) is 41.8 Å². The molecule has 0 bridgehead atoms. The Bertz CT molecular complexity index is 834. The van der Waals surface area contributed by atoms with Crippen LogP contribution in [-0.4, -0.2) is 52.0 Å². The zero-order valence-corrected chi connectivity index (χ0v) is 24.2. The van der Waals surface area contributed by atoms with Crippen molar-refractivity contribution in [2.24, 2.45) is 29.1 Å². The molecule has 2 heterocycles. The Hall–Kier alpha value is -0.750. The van der Waals surface area contributed by atoms with Gasteiger partial charge in [-0.1, -0.05) is 39.5 Å². The molecule has 6 atom stereocenters. The molecule has 0 spiro atoms. The molecule has 6 fully saturated rings. The van der Waals surface area contributed by atoms with E-state index in [0.29, 0.717) is 39.9 Å². The largest absolute Gasteiger partial charge is 0.353 e. The molecule has 0 aromatic carbocycles. The average molecular weight is 530 g/mol. The molecule has 6 heteroatoms. The smallest absolute Gasteiger partial charge is 0.225 e. The van der Waals surface area contributed by atoms with Crippen molar-refractivity contribution in [1.29, 1.82) is 0 Å². The summed E-state index contributed by atoms with van der Waals surface area (Å²) in [5.41, 5.74) is 0.306. The maximum Gasteiger partial charge on any atom is 0.225 e. The van der Waals surface area contributed by atoms with Gasteiger partial charge in [-0.25, -0.2) is 0 Å². The van der Waals surface area contributed by atoms with Crippen molar-refractivity contribution in [1.82, 2.24) is 15.5 Å². The van der Waals surface area contributed by atoms with Gasteiger partial charge in [0.2, 0.25) is 11.8 Å². The highest BCUT2D eigenvalue weighted by Gasteiger charge is 2.49. The van der Waals surface area contributed by atoms with Crippen LogP contribution in [-0.2, 0) is 9.59 Å². The van der Waals surface area contributed by atoms with Gasteiger partial charge >= 0.3 is 0 Å². The fourth-order valence-corrected chi connectivity index (χ4v) is 11.1. The summed E-state index contributed by atoms with van der Waals surface area (Å²) in [6.07, 6.45) is 18.9. The zero-order valence-electron chi connectivity index (χ0n) is 23.4. The van der Waals surface area contributed by atoms with E-state index in [9.17, 15) is 9.59 Å². The molecule has 2 aliphatic heterocycles. The number of fused-ring (bicyclic) bond motifs is 3. The van der Waals surface area contributed by atoms with Crippen molar-refractivity contribution in [2.45, 2.75) is 145 Å². The van der Waals surface area contributed by atoms with E-state index >= 15 is 0 Å². The van der Waals surface area contributed by atoms with Crippen LogP contribution in [0, 0.1) is 29.1 Å². The van der Waals surface area contributed by atoms with Gasteiger partial charge in [-0.05, 0) is 94.3 Å². The summed E-state index contributed by atoms with van der Waals surface area (Å²) in [5, 5.41) is 8.81. The molecule has 208 valence electrons. The van der Waals surface area contributed by atoms with Gasteiger partial charge in [0.1, 0.15) is 0 Å². The van der Waals surface area contributed by atoms with Gasteiger partial charge in [-0.3, -0.25) is 9.59 Å². The van der Waals surface area contributed by atoms with Crippen molar-refractivity contribution in [3.05, 3.63) is 0 Å². The fraction of sp³-hybridized carbons (Fsp3) is 0.935. The van der Waals surface area contributed by atoms with Crippen LogP contribution in [0.3, 0.4) is 0 Å². The molecule has 6 aliphatic rings. The lowest BCUT2D eigenvalue weighted by atomic mass is 9.79. The molecule has 2 N–H and O–H groups in total. The predicted molar refractivity (Wildman–Crippen MR) is 151 cm³/mol. The number of nitrogens with zero attached hydrogens (tertiary/aromatic N) is 1. The second kappa shape index (κ2) is 11.0. The normalized spacial score (nSPS) is 42.2. The van der Waals surface area contributed by atoms with Crippen molar-refractivity contribution in [3.63, 3.8) is 0 Å². The third-order valence-corrected chi connectivity index (χ3v) is 13.0. The molecular formula is C31H51N3O2S. The van der Waals surface area contributed by atoms with Crippen molar-refractivity contribution >= 4 is 23.6 Å². The highest BCUT2D eigenvalue weighted by molar-refractivity contribution is 8.00. The minimum absolute atomic E-state index is 0.158. The van der Waals surface area contributed by atoms with E-state index in [4.69, 9.17) is 0 Å². The van der Waals surface area contributed by atoms with Gasteiger partial charge in [-0.15, -0.1) is 11.8 Å². The first-order chi connectivity index (χ1) is 17.9. The second-order valence-electron chi connectivity index (χ2n) is 14.3. The van der Waals surface area contributed by atoms with Crippen LogP contribution in [0.25, 0.3) is 0 Å². The first-order valence-electron chi connectivity index (χ1n) is 15.9. The Morgan fingerprint density at radius 1 is 0.865 bits per heavy atom. The summed E-state index contributed by atoms with van der Waals surface area (Å²) in [6, 6.07) is 1.31. The highest BCUT2D eigenvalue weighted by atomic mass is 32.2. The molecule has 6 unspecified atom stereocenters. The first kappa shape index (κ1) is 26.5. The fourth-order valence-electron chi connectivity index (χ4n) is 9.09. The summed E-state index contributed by atoms with van der Waals surface area (Å²) in [5.74, 6) is 2.59. The van der Waals surface area contributed by atoms with Crippen LogP contribution in [0.1, 0.15) is 117 Å². The number of carbonyl (C=O) groups excluding carboxylic acids is 2. The third kappa shape index (κ3) is 5.62. The van der Waals surface area contributed by atoms with Crippen LogP contribution in [0.4, 0.5) is 0 Å². The lowest BCUT2D eigenvalue weighted by Crippen LogP contribution is -2.50. The third-order valence-electron chi connectivity index (χ3n) is 11.2. The topological polar surface area (TPSA) is 61.4 Å². The molecular weight excluding hydrogens is 478 g/mol. The number of hydrogen-bond acceptors (Lipinski definition) is 4. The first-order valence-corrected chi connectivity index (χ1v) is 16.8. The van der Waals surface area contributed by atoms with Crippen LogP contribution in [0.5, 0.6) is 0 Å². The Balaban J connectivity index is 1.04. The Labute approximate surface area is 229 Å². The number of rotatable bonds is 4. The van der Waals surface area contributed by atoms with E-state index in [2.05, 4.69) is 41.1 Å². The molecule has 6 rings (SSSR count). The van der Waals surface area contributed by atoms with Crippen molar-refractivity contribution in [3.8, 4) is 0 Å². The summed E-state index contributed by atoms with van der Waals surface area (Å²) in [7, 11) is 0. The highest BCUT2D eigenvalue weighted by Crippen LogP contribution is 2.48. The summed E-state index contributed by atoms with van der Waals surface area (Å²) < 4.78 is 0. The SMILES string of the molecule is CC1(C)CCC(C(=O)NC2CCC(C(=O)N3CCC4NC(C5CCCC5)SC4C4CCCCC43)CC2)C1. The molecule has 4 aliphatic carbocycles. The molecule has 0 aromatic heterocycles. The van der Waals surface area contributed by atoms with Crippen LogP contribution in [0.2, 0.25) is 0 Å². The molecule has 4 saturated carbocycles. The van der Waals surface area contributed by atoms with Crippen LogP contribution in [0.15, 0.2) is 0 Å². The van der Waals surface area contributed by atoms with E-state index < -0.39 is 0 Å². The molecule has 37 heavy (non-hydrogen) atoms. The predicted octanol–water partition coefficient (Wildman–Crippen LogP) is 5.87. The maximum atomic E-state index is 14.0. The number of amides is 2. The number of nitrogens with one attached hydrogen (secondary N) is 2. The van der Waals surface area contributed by atoms with Gasteiger partial charge in [0.15, 0.2) is 0 Å². The Kier molecular flexibility index (Phi) is 7.89. The summed E-state index contributed by atoms with van der Waals surface area (Å²) >= 11 is 2.27. The van der Waals surface area contributed by atoms with Crippen LogP contribution >= 0.6 is 11.8 Å². The van der Waals surface area contributed by atoms with Crippen molar-refractivity contribution in [2.75, 3.05) is 6.54 Å². The van der Waals surface area contributed by atoms with Gasteiger partial charge in [-0.2, -0.15) is 0 Å². The Morgan fingerprint density at radius 2 is 1.59 bits per heavy atom. The summed E-state index contributed by atoms with van der Waals surface area (Å²) in [6.45, 7) is 5.51. The second-order valence-corrected chi connectivity index (χ2v) is 15.7. The lowest BCUT2D eigenvalue weighted by molar-refractivity contribution is -0.140. The summed E-state index contributed by atoms with van der Waals surface area (Å²) in [4.78, 5) is 29.2. The van der Waals surface area contributed by atoms with E-state index in [-0.39, 0.29) is 23.8 Å². The van der Waals surface area contributed by atoms with E-state index in [0.717, 1.165) is 63.8 Å². The van der Waals surface area contributed by atoms with Gasteiger partial charge in [0.05, 0.1) is 5.37 Å². The number of carbonyl (C=O) groups is 2. The monoisotopic (exact) mass is 529 g/mol. The van der Waals surface area contributed by atoms with E-state index in [1.54, 1.807) is 0 Å². The number of thioether (sulfide) groups is 1. The van der Waals surface area contributed by atoms with E-state index in [1.165, 1.54) is 51.4 Å². The molecule has 2 amide bonds. The van der Waals surface area contributed by atoms with Crippen LogP contribution < -0.4 is 10.6 Å². The number of likely N-dealkylation sites (tertiary alicyclic amines) is 1. The van der Waals surface area contributed by atoms with Gasteiger partial charge in [0.25, 0.3) is 0 Å². The van der Waals surface area contributed by atoms with E-state index in [1.807, 2.05) is 0 Å². The minimum Gasteiger partial charge on any atom is -0.353 e. The quantitative estimate of drug-likeness (QED) is 0.478. The zero-order chi connectivity index (χ0) is 25.6. The molecule has 5 nitrogen and oxygen atoms in total. The van der Waals surface area contributed by atoms with Gasteiger partial charge < -0.3 is 15.5 Å². The Morgan fingerprint density at radius 3 is 2.32 bits per heavy atom. The van der Waals surface area contributed by atoms with Crippen molar-refractivity contribution < 1.29 is 9.59 Å². The standard InChI is InChI=1S/C31H51N3O2S/c1-31(2)17-15-22(19-31)28(35)32-23-13-11-21(12-14-23)30(36)34-18-16-25-27(24-9-5-6-10-26(24)34)37-29(33-25)20-7-3-4-8-20/h20-27,29,33H,3-19H2,1-2H3,(H,32,35). The average Bonchev–Trinajstić information content (AvgIpc) is 3.63. The molecule has 0 radical (unpaired) electrons. The number of hydrogen-bond donors (Lipinski definition) is 2.